The van der Waals surface area contributed by atoms with E-state index in [9.17, 15) is 13.5 Å². The van der Waals surface area contributed by atoms with Gasteiger partial charge in [0.05, 0.1) is 10.9 Å². The van der Waals surface area contributed by atoms with E-state index in [-0.39, 0.29) is 11.8 Å². The summed E-state index contributed by atoms with van der Waals surface area (Å²) in [6.45, 7) is 6.46. The Hall–Kier alpha value is -0.910. The van der Waals surface area contributed by atoms with Crippen LogP contribution in [-0.2, 0) is 15.6 Å². The van der Waals surface area contributed by atoms with E-state index in [2.05, 4.69) is 0 Å². The molecule has 1 aliphatic carbocycles. The smallest absolute Gasteiger partial charge is 0.216 e. The van der Waals surface area contributed by atoms with E-state index >= 15 is 0 Å². The maximum absolute atomic E-state index is 12.4. The molecule has 1 N–H and O–H groups in total. The number of aryl methyl sites for hydroxylation is 1. The summed E-state index contributed by atoms with van der Waals surface area (Å²) in [7, 11) is -3.24. The fourth-order valence-corrected chi connectivity index (χ4v) is 5.33. The van der Waals surface area contributed by atoms with Gasteiger partial charge in [0, 0.05) is 19.0 Å². The summed E-state index contributed by atoms with van der Waals surface area (Å²) in [5.74, 6) is 0.267. The zero-order valence-corrected chi connectivity index (χ0v) is 14.3. The van der Waals surface area contributed by atoms with Crippen molar-refractivity contribution in [3.63, 3.8) is 0 Å². The Morgan fingerprint density at radius 1 is 1.23 bits per heavy atom. The van der Waals surface area contributed by atoms with E-state index in [4.69, 9.17) is 0 Å². The number of aliphatic hydroxyl groups is 1. The molecule has 3 atom stereocenters. The number of sulfonamides is 1. The SMILES string of the molecule is Cc1ccc([C@@]2(O)CC[C@@H]3CN(S(=O)(=O)C(C)C)C[C@@H]32)cc1. The van der Waals surface area contributed by atoms with Crippen molar-refractivity contribution >= 4 is 10.0 Å². The lowest BCUT2D eigenvalue weighted by Crippen LogP contribution is -2.38. The van der Waals surface area contributed by atoms with E-state index in [1.54, 1.807) is 18.2 Å². The lowest BCUT2D eigenvalue weighted by atomic mass is 9.82. The Balaban J connectivity index is 1.88. The van der Waals surface area contributed by atoms with Gasteiger partial charge in [-0.05, 0) is 45.1 Å². The van der Waals surface area contributed by atoms with Crippen LogP contribution in [0.4, 0.5) is 0 Å². The van der Waals surface area contributed by atoms with Crippen LogP contribution in [0.5, 0.6) is 0 Å². The third-order valence-electron chi connectivity index (χ3n) is 5.42. The first-order valence-electron chi connectivity index (χ1n) is 8.03. The van der Waals surface area contributed by atoms with Crippen molar-refractivity contribution in [1.29, 1.82) is 0 Å². The molecule has 0 radical (unpaired) electrons. The highest BCUT2D eigenvalue weighted by molar-refractivity contribution is 7.89. The van der Waals surface area contributed by atoms with E-state index < -0.39 is 20.9 Å². The summed E-state index contributed by atoms with van der Waals surface area (Å²) in [4.78, 5) is 0. The summed E-state index contributed by atoms with van der Waals surface area (Å²) in [6.07, 6.45) is 1.61. The molecule has 1 aromatic carbocycles. The molecule has 3 rings (SSSR count). The molecule has 1 aromatic rings. The van der Waals surface area contributed by atoms with Crippen molar-refractivity contribution in [3.8, 4) is 0 Å². The summed E-state index contributed by atoms with van der Waals surface area (Å²) in [5, 5.41) is 10.8. The number of nitrogens with zero attached hydrogens (tertiary/aromatic N) is 1. The monoisotopic (exact) mass is 323 g/mol. The van der Waals surface area contributed by atoms with Gasteiger partial charge in [0.15, 0.2) is 0 Å². The Kier molecular flexibility index (Phi) is 3.86. The minimum absolute atomic E-state index is 0.00345. The molecule has 0 unspecified atom stereocenters. The molecule has 4 nitrogen and oxygen atoms in total. The highest BCUT2D eigenvalue weighted by Crippen LogP contribution is 2.51. The van der Waals surface area contributed by atoms with Gasteiger partial charge in [-0.15, -0.1) is 0 Å². The average Bonchev–Trinajstić information content (AvgIpc) is 3.02. The maximum Gasteiger partial charge on any atom is 0.216 e. The quantitative estimate of drug-likeness (QED) is 0.928. The van der Waals surface area contributed by atoms with Gasteiger partial charge in [-0.2, -0.15) is 0 Å². The highest BCUT2D eigenvalue weighted by Gasteiger charge is 2.54. The molecule has 122 valence electrons. The second-order valence-electron chi connectivity index (χ2n) is 7.11. The Morgan fingerprint density at radius 3 is 2.45 bits per heavy atom. The molecule has 1 saturated heterocycles. The van der Waals surface area contributed by atoms with Crippen LogP contribution in [-0.4, -0.2) is 36.2 Å². The zero-order chi connectivity index (χ0) is 16.1. The van der Waals surface area contributed by atoms with Crippen LogP contribution >= 0.6 is 0 Å². The van der Waals surface area contributed by atoms with Gasteiger partial charge in [-0.3, -0.25) is 0 Å². The summed E-state index contributed by atoms with van der Waals surface area (Å²) in [6, 6.07) is 7.99. The molecular formula is C17H25NO3S. The van der Waals surface area contributed by atoms with Gasteiger partial charge in [0.1, 0.15) is 0 Å². The fraction of sp³-hybridized carbons (Fsp3) is 0.647. The Bertz CT molecular complexity index is 653. The van der Waals surface area contributed by atoms with Gasteiger partial charge in [0.25, 0.3) is 0 Å². The van der Waals surface area contributed by atoms with Crippen LogP contribution in [0.15, 0.2) is 24.3 Å². The van der Waals surface area contributed by atoms with Crippen LogP contribution in [0.25, 0.3) is 0 Å². The van der Waals surface area contributed by atoms with Gasteiger partial charge in [-0.25, -0.2) is 12.7 Å². The summed E-state index contributed by atoms with van der Waals surface area (Å²) >= 11 is 0. The first-order valence-corrected chi connectivity index (χ1v) is 9.54. The number of benzene rings is 1. The second-order valence-corrected chi connectivity index (χ2v) is 9.60. The zero-order valence-electron chi connectivity index (χ0n) is 13.5. The van der Waals surface area contributed by atoms with Crippen molar-refractivity contribution < 1.29 is 13.5 Å². The highest BCUT2D eigenvalue weighted by atomic mass is 32.2. The van der Waals surface area contributed by atoms with Crippen molar-refractivity contribution in [1.82, 2.24) is 4.31 Å². The normalized spacial score (nSPS) is 32.6. The molecule has 22 heavy (non-hydrogen) atoms. The number of fused-ring (bicyclic) bond motifs is 1. The van der Waals surface area contributed by atoms with E-state index in [1.807, 2.05) is 31.2 Å². The molecule has 0 amide bonds. The third-order valence-corrected chi connectivity index (χ3v) is 7.63. The second kappa shape index (κ2) is 5.32. The minimum Gasteiger partial charge on any atom is -0.385 e. The number of hydrogen-bond donors (Lipinski definition) is 1. The van der Waals surface area contributed by atoms with Gasteiger partial charge in [0.2, 0.25) is 10.0 Å². The first-order chi connectivity index (χ1) is 10.2. The molecule has 0 aromatic heterocycles. The maximum atomic E-state index is 12.4. The van der Waals surface area contributed by atoms with Gasteiger partial charge < -0.3 is 5.11 Å². The van der Waals surface area contributed by atoms with E-state index in [1.165, 1.54) is 0 Å². The van der Waals surface area contributed by atoms with Gasteiger partial charge in [-0.1, -0.05) is 29.8 Å². The predicted octanol–water partition coefficient (Wildman–Crippen LogP) is 2.26. The van der Waals surface area contributed by atoms with Crippen LogP contribution in [0, 0.1) is 18.8 Å². The van der Waals surface area contributed by atoms with E-state index in [0.717, 1.165) is 24.0 Å². The topological polar surface area (TPSA) is 57.6 Å². The van der Waals surface area contributed by atoms with Crippen molar-refractivity contribution in [2.75, 3.05) is 13.1 Å². The predicted molar refractivity (Wildman–Crippen MR) is 86.9 cm³/mol. The molecule has 0 bridgehead atoms. The van der Waals surface area contributed by atoms with Crippen LogP contribution in [0.3, 0.4) is 0 Å². The van der Waals surface area contributed by atoms with Crippen LogP contribution in [0.1, 0.15) is 37.8 Å². The van der Waals surface area contributed by atoms with Crippen molar-refractivity contribution in [2.24, 2.45) is 11.8 Å². The molecule has 0 spiro atoms. The van der Waals surface area contributed by atoms with Crippen LogP contribution in [0.2, 0.25) is 0 Å². The molecular weight excluding hydrogens is 298 g/mol. The molecule has 2 fully saturated rings. The molecule has 5 heteroatoms. The van der Waals surface area contributed by atoms with Crippen molar-refractivity contribution in [3.05, 3.63) is 35.4 Å². The van der Waals surface area contributed by atoms with Crippen molar-refractivity contribution in [2.45, 2.75) is 44.5 Å². The largest absolute Gasteiger partial charge is 0.385 e. The Labute approximate surface area is 133 Å². The first kappa shape index (κ1) is 16.0. The number of rotatable bonds is 3. The lowest BCUT2D eigenvalue weighted by molar-refractivity contribution is -0.00402. The Morgan fingerprint density at radius 2 is 1.86 bits per heavy atom. The average molecular weight is 323 g/mol. The van der Waals surface area contributed by atoms with E-state index in [0.29, 0.717) is 13.1 Å². The molecule has 2 aliphatic rings. The number of hydrogen-bond acceptors (Lipinski definition) is 3. The summed E-state index contributed by atoms with van der Waals surface area (Å²) in [5.41, 5.74) is 1.20. The van der Waals surface area contributed by atoms with Gasteiger partial charge >= 0.3 is 0 Å². The molecule has 1 heterocycles. The van der Waals surface area contributed by atoms with Crippen LogP contribution < -0.4 is 0 Å². The minimum atomic E-state index is -3.24. The molecule has 1 aliphatic heterocycles. The lowest BCUT2D eigenvalue weighted by Gasteiger charge is -2.31. The standard InChI is InChI=1S/C17H25NO3S/c1-12(2)22(20,21)18-10-14-8-9-17(19,16(14)11-18)15-6-4-13(3)5-7-15/h4-7,12,14,16,19H,8-11H2,1-3H3/t14-,16+,17+/m1/s1. The molecule has 1 saturated carbocycles. The fourth-order valence-electron chi connectivity index (χ4n) is 3.96. The third kappa shape index (κ3) is 2.39. The summed E-state index contributed by atoms with van der Waals surface area (Å²) < 4.78 is 26.4.